The summed E-state index contributed by atoms with van der Waals surface area (Å²) in [5.74, 6) is -1.99. The van der Waals surface area contributed by atoms with Gasteiger partial charge in [0.25, 0.3) is 5.91 Å². The number of nitrogens with one attached hydrogen (secondary N) is 3. The van der Waals surface area contributed by atoms with Crippen molar-refractivity contribution in [3.8, 4) is 5.75 Å². The van der Waals surface area contributed by atoms with E-state index in [4.69, 9.17) is 9.72 Å². The van der Waals surface area contributed by atoms with E-state index in [-0.39, 0.29) is 48.9 Å². The third-order valence-corrected chi connectivity index (χ3v) is 14.1. The molecule has 1 aliphatic carbocycles. The van der Waals surface area contributed by atoms with Crippen LogP contribution in [0.3, 0.4) is 0 Å². The molecule has 3 saturated heterocycles. The number of nitrogens with zero attached hydrogens (tertiary/aromatic N) is 6. The molecule has 338 valence electrons. The molecule has 1 aromatic heterocycles. The number of fused-ring (bicyclic) bond motifs is 1. The van der Waals surface area contributed by atoms with Crippen molar-refractivity contribution in [2.24, 2.45) is 5.92 Å². The Morgan fingerprint density at radius 1 is 1.00 bits per heavy atom. The van der Waals surface area contributed by atoms with E-state index in [1.807, 2.05) is 11.8 Å². The van der Waals surface area contributed by atoms with Crippen molar-refractivity contribution in [1.29, 1.82) is 0 Å². The lowest BCUT2D eigenvalue weighted by molar-refractivity contribution is -0.134. The van der Waals surface area contributed by atoms with Crippen molar-refractivity contribution < 1.29 is 37.8 Å². The number of likely N-dealkylation sites (tertiary alicyclic amines) is 1. The highest BCUT2D eigenvalue weighted by Crippen LogP contribution is 2.41. The van der Waals surface area contributed by atoms with Crippen LogP contribution in [0.5, 0.6) is 5.75 Å². The van der Waals surface area contributed by atoms with E-state index in [1.54, 1.807) is 43.5 Å². The molecule has 63 heavy (non-hydrogen) atoms. The molecule has 3 aromatic rings. The Hall–Kier alpha value is -5.42. The van der Waals surface area contributed by atoms with Gasteiger partial charge >= 0.3 is 0 Å². The zero-order valence-electron chi connectivity index (χ0n) is 36.4. The average Bonchev–Trinajstić information content (AvgIpc) is 3.81. The lowest BCUT2D eigenvalue weighted by Gasteiger charge is -2.44. The highest BCUT2D eigenvalue weighted by atomic mass is 19.1. The van der Waals surface area contributed by atoms with Gasteiger partial charge in [0.1, 0.15) is 29.1 Å². The number of carbonyl (C=O) groups is 4. The minimum atomic E-state index is -1.03. The number of rotatable bonds is 13. The minimum Gasteiger partial charge on any atom is -0.495 e. The van der Waals surface area contributed by atoms with Crippen molar-refractivity contribution in [1.82, 2.24) is 25.5 Å². The fourth-order valence-corrected chi connectivity index (χ4v) is 10.4. The highest BCUT2D eigenvalue weighted by Gasteiger charge is 2.42. The average molecular weight is 872 g/mol. The van der Waals surface area contributed by atoms with Gasteiger partial charge in [-0.3, -0.25) is 24.5 Å². The Balaban J connectivity index is 0.863. The third-order valence-electron chi connectivity index (χ3n) is 14.1. The first-order valence-electron chi connectivity index (χ1n) is 22.5. The van der Waals surface area contributed by atoms with E-state index in [0.717, 1.165) is 64.0 Å². The first-order valence-corrected chi connectivity index (χ1v) is 22.5. The van der Waals surface area contributed by atoms with Crippen LogP contribution in [0, 0.1) is 17.6 Å². The van der Waals surface area contributed by atoms with Gasteiger partial charge in [-0.15, -0.1) is 0 Å². The number of aromatic nitrogens is 2. The van der Waals surface area contributed by atoms with Gasteiger partial charge in [-0.05, 0) is 94.0 Å². The Morgan fingerprint density at radius 3 is 2.37 bits per heavy atom. The zero-order valence-corrected chi connectivity index (χ0v) is 36.4. The van der Waals surface area contributed by atoms with Gasteiger partial charge in [0.05, 0.1) is 24.9 Å². The van der Waals surface area contributed by atoms with Crippen LogP contribution in [0.2, 0.25) is 0 Å². The Bertz CT molecular complexity index is 2180. The number of aliphatic hydroxyl groups excluding tert-OH is 1. The topological polar surface area (TPSA) is 173 Å². The zero-order chi connectivity index (χ0) is 44.4. The molecule has 0 radical (unpaired) electrons. The van der Waals surface area contributed by atoms with E-state index >= 15 is 8.78 Å². The maximum Gasteiger partial charge on any atom is 0.251 e. The molecular formula is C46H59F2N9O6. The molecule has 4 fully saturated rings. The Kier molecular flexibility index (Phi) is 13.1. The molecule has 2 unspecified atom stereocenters. The standard InChI is InChI=1S/C46H59F2N9O6/c1-4-36-44(62)54(2)37-26-49-45(52-41(37)57(36)30-7-5-6-8-30)50-35-11-9-29(23-38(35)63-3)42(60)53-46(17-22-58)15-20-55(21-16-46)27-28-13-18-56(19-14-28)31-24-33(47)40(34(48)25-31)32-10-12-39(59)51-43(32)61/h9,11,23-26,28,30,32,36,58H,4-8,10,12-22,27H2,1-3H3,(H,53,60)(H,49,50,52)(H,51,59,61). The van der Waals surface area contributed by atoms with E-state index in [0.29, 0.717) is 79.0 Å². The minimum absolute atomic E-state index is 0.0416. The fourth-order valence-electron chi connectivity index (χ4n) is 10.4. The number of amides is 4. The number of ether oxygens (including phenoxy) is 1. The first kappa shape index (κ1) is 44.2. The first-order chi connectivity index (χ1) is 30.4. The van der Waals surface area contributed by atoms with E-state index in [1.165, 1.54) is 12.1 Å². The molecule has 0 bridgehead atoms. The summed E-state index contributed by atoms with van der Waals surface area (Å²) >= 11 is 0. The van der Waals surface area contributed by atoms with Crippen LogP contribution in [0.15, 0.2) is 36.5 Å². The lowest BCUT2D eigenvalue weighted by Crippen LogP contribution is -2.56. The second kappa shape index (κ2) is 18.7. The predicted molar refractivity (Wildman–Crippen MR) is 235 cm³/mol. The quantitative estimate of drug-likeness (QED) is 0.162. The van der Waals surface area contributed by atoms with Crippen LogP contribution in [0.25, 0.3) is 0 Å². The Morgan fingerprint density at radius 2 is 1.71 bits per heavy atom. The molecule has 8 rings (SSSR count). The summed E-state index contributed by atoms with van der Waals surface area (Å²) in [4.78, 5) is 68.8. The number of benzene rings is 2. The summed E-state index contributed by atoms with van der Waals surface area (Å²) in [6.07, 6.45) is 10.2. The van der Waals surface area contributed by atoms with E-state index < -0.39 is 34.9 Å². The van der Waals surface area contributed by atoms with Gasteiger partial charge in [-0.25, -0.2) is 13.8 Å². The van der Waals surface area contributed by atoms with Crippen molar-refractivity contribution >= 4 is 52.5 Å². The smallest absolute Gasteiger partial charge is 0.251 e. The second-order valence-electron chi connectivity index (χ2n) is 17.9. The highest BCUT2D eigenvalue weighted by molar-refractivity contribution is 6.04. The molecular weight excluding hydrogens is 813 g/mol. The summed E-state index contributed by atoms with van der Waals surface area (Å²) in [5.41, 5.74) is 1.25. The summed E-state index contributed by atoms with van der Waals surface area (Å²) < 4.78 is 36.2. The molecule has 5 aliphatic rings. The van der Waals surface area contributed by atoms with Crippen molar-refractivity contribution in [2.45, 2.75) is 108 Å². The second-order valence-corrected chi connectivity index (χ2v) is 17.9. The molecule has 2 atom stereocenters. The molecule has 15 nitrogen and oxygen atoms in total. The number of imide groups is 1. The number of halogens is 2. The number of piperidine rings is 3. The summed E-state index contributed by atoms with van der Waals surface area (Å²) in [7, 11) is 3.31. The van der Waals surface area contributed by atoms with Gasteiger partial charge in [0, 0.05) is 81.2 Å². The normalized spacial score (nSPS) is 22.3. The van der Waals surface area contributed by atoms with Crippen LogP contribution >= 0.6 is 0 Å². The molecule has 17 heteroatoms. The maximum absolute atomic E-state index is 15.2. The van der Waals surface area contributed by atoms with Gasteiger partial charge in [0.2, 0.25) is 23.7 Å². The summed E-state index contributed by atoms with van der Waals surface area (Å²) in [6, 6.07) is 7.72. The molecule has 4 N–H and O–H groups in total. The van der Waals surface area contributed by atoms with Crippen molar-refractivity contribution in [2.75, 3.05) is 73.5 Å². The predicted octanol–water partition coefficient (Wildman–Crippen LogP) is 5.39. The van der Waals surface area contributed by atoms with Crippen LogP contribution < -0.4 is 35.4 Å². The number of likely N-dealkylation sites (N-methyl/N-ethyl adjacent to an activating group) is 1. The van der Waals surface area contributed by atoms with Gasteiger partial charge < -0.3 is 40.1 Å². The largest absolute Gasteiger partial charge is 0.495 e. The van der Waals surface area contributed by atoms with Crippen LogP contribution in [-0.2, 0) is 14.4 Å². The number of aliphatic hydroxyl groups is 1. The lowest BCUT2D eigenvalue weighted by atomic mass is 9.83. The maximum atomic E-state index is 15.2. The molecule has 2 aromatic carbocycles. The summed E-state index contributed by atoms with van der Waals surface area (Å²) in [6.45, 7) is 5.58. The van der Waals surface area contributed by atoms with Gasteiger partial charge in [-0.2, -0.15) is 4.98 Å². The molecule has 5 heterocycles. The number of carbonyl (C=O) groups excluding carboxylic acids is 4. The van der Waals surface area contributed by atoms with Crippen LogP contribution in [-0.4, -0.2) is 115 Å². The number of hydrogen-bond acceptors (Lipinski definition) is 12. The molecule has 0 spiro atoms. The van der Waals surface area contributed by atoms with Crippen LogP contribution in [0.1, 0.15) is 106 Å². The number of methoxy groups -OCH3 is 1. The van der Waals surface area contributed by atoms with Gasteiger partial charge in [-0.1, -0.05) is 19.8 Å². The third kappa shape index (κ3) is 9.17. The number of anilines is 5. The monoisotopic (exact) mass is 871 g/mol. The number of hydrogen-bond donors (Lipinski definition) is 4. The van der Waals surface area contributed by atoms with Crippen LogP contribution in [0.4, 0.5) is 37.6 Å². The molecule has 4 amide bonds. The van der Waals surface area contributed by atoms with E-state index in [2.05, 4.69) is 30.7 Å². The van der Waals surface area contributed by atoms with Gasteiger partial charge in [0.15, 0.2) is 5.82 Å². The molecule has 4 aliphatic heterocycles. The Labute approximate surface area is 366 Å². The van der Waals surface area contributed by atoms with Crippen molar-refractivity contribution in [3.63, 3.8) is 0 Å². The van der Waals surface area contributed by atoms with E-state index in [9.17, 15) is 24.3 Å². The summed E-state index contributed by atoms with van der Waals surface area (Å²) in [5, 5.41) is 18.8. The fraction of sp³-hybridized carbons (Fsp3) is 0.565. The van der Waals surface area contributed by atoms with Crippen molar-refractivity contribution in [3.05, 3.63) is 59.3 Å². The molecule has 1 saturated carbocycles. The SMILES string of the molecule is CCC1C(=O)N(C)c2cnc(Nc3ccc(C(=O)NC4(CCO)CCN(CC5CCN(c6cc(F)c(C7CCC(=O)NC7=O)c(F)c6)CC5)CC4)cc3OC)nc2N1C1CCCC1.